The van der Waals surface area contributed by atoms with E-state index in [2.05, 4.69) is 6.92 Å². The van der Waals surface area contributed by atoms with Gasteiger partial charge in [-0.05, 0) is 91.0 Å². The summed E-state index contributed by atoms with van der Waals surface area (Å²) in [5.41, 5.74) is 2.41. The molecule has 202 valence electrons. The van der Waals surface area contributed by atoms with Crippen LogP contribution in [0.2, 0.25) is 0 Å². The number of aliphatic imine (C=N–C) groups is 1. The lowest BCUT2D eigenvalue weighted by molar-refractivity contribution is -0.124. The largest absolute Gasteiger partial charge is 0.490 e. The summed E-state index contributed by atoms with van der Waals surface area (Å²) in [5, 5.41) is 0.733. The topological polar surface area (TPSA) is 51.1 Å². The first-order chi connectivity index (χ1) is 19.0. The molecule has 5 nitrogen and oxygen atoms in total. The molecule has 39 heavy (non-hydrogen) atoms. The second-order valence-corrected chi connectivity index (χ2v) is 10.9. The molecule has 1 saturated carbocycles. The maximum absolute atomic E-state index is 13.8. The number of benzene rings is 3. The molecule has 2 aliphatic rings. The van der Waals surface area contributed by atoms with E-state index >= 15 is 0 Å². The van der Waals surface area contributed by atoms with Gasteiger partial charge in [0.15, 0.2) is 16.7 Å². The van der Waals surface area contributed by atoms with Crippen molar-refractivity contribution >= 4 is 34.6 Å². The number of amides is 1. The van der Waals surface area contributed by atoms with Gasteiger partial charge in [0.05, 0.1) is 17.2 Å². The van der Waals surface area contributed by atoms with E-state index in [-0.39, 0.29) is 24.4 Å². The van der Waals surface area contributed by atoms with Crippen LogP contribution in [-0.4, -0.2) is 28.6 Å². The summed E-state index contributed by atoms with van der Waals surface area (Å²) in [5.74, 6) is 1.27. The van der Waals surface area contributed by atoms with Crippen LogP contribution in [0.25, 0.3) is 6.08 Å². The van der Waals surface area contributed by atoms with Crippen LogP contribution in [0.5, 0.6) is 11.5 Å². The van der Waals surface area contributed by atoms with Gasteiger partial charge in [-0.2, -0.15) is 0 Å². The number of nitrogens with zero attached hydrogens (tertiary/aromatic N) is 2. The fraction of sp³-hybridized carbons (Fsp3) is 0.312. The molecule has 0 radical (unpaired) electrons. The van der Waals surface area contributed by atoms with Crippen LogP contribution in [-0.2, 0) is 11.4 Å². The molecule has 1 amide bonds. The zero-order valence-electron chi connectivity index (χ0n) is 22.3. The number of amidine groups is 1. The summed E-state index contributed by atoms with van der Waals surface area (Å²) in [6, 6.07) is 21.9. The molecule has 0 aromatic heterocycles. The number of hydrogen-bond acceptors (Lipinski definition) is 5. The van der Waals surface area contributed by atoms with E-state index in [1.165, 1.54) is 30.3 Å². The monoisotopic (exact) mass is 544 g/mol. The third kappa shape index (κ3) is 6.53. The Morgan fingerprint density at radius 1 is 1.00 bits per heavy atom. The van der Waals surface area contributed by atoms with E-state index in [0.717, 1.165) is 41.2 Å². The minimum Gasteiger partial charge on any atom is -0.490 e. The van der Waals surface area contributed by atoms with Crippen molar-refractivity contribution in [1.29, 1.82) is 0 Å². The van der Waals surface area contributed by atoms with Gasteiger partial charge in [-0.25, -0.2) is 9.38 Å². The van der Waals surface area contributed by atoms with Crippen LogP contribution in [0.15, 0.2) is 82.7 Å². The second kappa shape index (κ2) is 12.5. The summed E-state index contributed by atoms with van der Waals surface area (Å²) in [7, 11) is 0. The van der Waals surface area contributed by atoms with Gasteiger partial charge in [-0.1, -0.05) is 56.2 Å². The zero-order chi connectivity index (χ0) is 27.2. The second-order valence-electron chi connectivity index (χ2n) is 9.90. The number of ether oxygens (including phenoxy) is 2. The predicted molar refractivity (Wildman–Crippen MR) is 156 cm³/mol. The number of carbonyl (C=O) groups is 1. The molecule has 3 aromatic carbocycles. The molecule has 0 N–H and O–H groups in total. The van der Waals surface area contributed by atoms with Crippen LogP contribution in [0.4, 0.5) is 10.1 Å². The average molecular weight is 545 g/mol. The summed E-state index contributed by atoms with van der Waals surface area (Å²) in [6.45, 7) is 4.83. The van der Waals surface area contributed by atoms with Gasteiger partial charge in [-0.3, -0.25) is 9.69 Å². The van der Waals surface area contributed by atoms with Crippen molar-refractivity contribution < 1.29 is 18.7 Å². The van der Waals surface area contributed by atoms with Gasteiger partial charge < -0.3 is 9.47 Å². The van der Waals surface area contributed by atoms with Crippen molar-refractivity contribution in [2.75, 3.05) is 6.61 Å². The Labute approximate surface area is 233 Å². The Balaban J connectivity index is 1.42. The van der Waals surface area contributed by atoms with Crippen LogP contribution < -0.4 is 9.47 Å². The molecular formula is C32H33FN2O3S. The lowest BCUT2D eigenvalue weighted by atomic mass is 9.85. The van der Waals surface area contributed by atoms with E-state index in [0.29, 0.717) is 28.9 Å². The third-order valence-electron chi connectivity index (χ3n) is 7.06. The van der Waals surface area contributed by atoms with Gasteiger partial charge in [0.2, 0.25) is 0 Å². The van der Waals surface area contributed by atoms with Crippen LogP contribution >= 0.6 is 11.8 Å². The smallest absolute Gasteiger partial charge is 0.267 e. The maximum atomic E-state index is 13.8. The highest BCUT2D eigenvalue weighted by atomic mass is 32.2. The summed E-state index contributed by atoms with van der Waals surface area (Å²) in [4.78, 5) is 21.2. The van der Waals surface area contributed by atoms with E-state index in [9.17, 15) is 9.18 Å². The summed E-state index contributed by atoms with van der Waals surface area (Å²) < 4.78 is 25.4. The SMILES string of the molecule is CCOc1cc(/C=C2\SC(=Nc3ccccc3)N([C@H]3CCCC[C@H]3C)C2=O)ccc1OCc1cccc(F)c1. The molecule has 0 spiro atoms. The van der Waals surface area contributed by atoms with E-state index in [1.807, 2.05) is 72.5 Å². The normalized spacial score (nSPS) is 21.5. The van der Waals surface area contributed by atoms with Crippen LogP contribution in [0.3, 0.4) is 0 Å². The Hall–Kier alpha value is -3.58. The molecule has 1 heterocycles. The van der Waals surface area contributed by atoms with Crippen molar-refractivity contribution in [2.24, 2.45) is 10.9 Å². The number of carbonyl (C=O) groups excluding carboxylic acids is 1. The van der Waals surface area contributed by atoms with E-state index in [4.69, 9.17) is 14.5 Å². The molecule has 3 aromatic rings. The Kier molecular flexibility index (Phi) is 8.67. The van der Waals surface area contributed by atoms with Crippen molar-refractivity contribution in [3.8, 4) is 11.5 Å². The van der Waals surface area contributed by atoms with Crippen LogP contribution in [0.1, 0.15) is 50.7 Å². The molecular weight excluding hydrogens is 511 g/mol. The molecule has 2 atom stereocenters. The highest BCUT2D eigenvalue weighted by Crippen LogP contribution is 2.40. The average Bonchev–Trinajstić information content (AvgIpc) is 3.23. The highest BCUT2D eigenvalue weighted by Gasteiger charge is 2.41. The minimum atomic E-state index is -0.298. The van der Waals surface area contributed by atoms with Gasteiger partial charge in [0, 0.05) is 6.04 Å². The standard InChI is InChI=1S/C32H33FN2O3S/c1-3-37-29-19-23(16-17-28(29)38-21-24-11-9-12-25(33)18-24)20-30-31(36)35(27-15-8-7-10-22(27)2)32(39-30)34-26-13-5-4-6-14-26/h4-6,9,11-14,16-20,22,27H,3,7-8,10,15,21H2,1-2H3/b30-20-,34-32?/t22-,27+/m1/s1. The molecule has 5 rings (SSSR count). The Bertz CT molecular complexity index is 1370. The number of rotatable bonds is 8. The summed E-state index contributed by atoms with van der Waals surface area (Å²) in [6.07, 6.45) is 6.33. The molecule has 7 heteroatoms. The fourth-order valence-electron chi connectivity index (χ4n) is 5.09. The molecule has 0 unspecified atom stereocenters. The van der Waals surface area contributed by atoms with E-state index in [1.54, 1.807) is 6.07 Å². The lowest BCUT2D eigenvalue weighted by Gasteiger charge is -2.35. The number of hydrogen-bond donors (Lipinski definition) is 0. The van der Waals surface area contributed by atoms with Crippen molar-refractivity contribution in [1.82, 2.24) is 4.90 Å². The zero-order valence-corrected chi connectivity index (χ0v) is 23.1. The number of para-hydroxylation sites is 1. The number of thioether (sulfide) groups is 1. The Morgan fingerprint density at radius 2 is 1.82 bits per heavy atom. The summed E-state index contributed by atoms with van der Waals surface area (Å²) >= 11 is 1.42. The minimum absolute atomic E-state index is 0.00202. The Morgan fingerprint density at radius 3 is 2.59 bits per heavy atom. The van der Waals surface area contributed by atoms with Gasteiger partial charge in [-0.15, -0.1) is 0 Å². The molecule has 1 saturated heterocycles. The fourth-order valence-corrected chi connectivity index (χ4v) is 6.14. The molecule has 0 bridgehead atoms. The van der Waals surface area contributed by atoms with E-state index < -0.39 is 0 Å². The van der Waals surface area contributed by atoms with Gasteiger partial charge in [0.25, 0.3) is 5.91 Å². The molecule has 1 aliphatic heterocycles. The first-order valence-electron chi connectivity index (χ1n) is 13.5. The first-order valence-corrected chi connectivity index (χ1v) is 14.3. The van der Waals surface area contributed by atoms with Gasteiger partial charge >= 0.3 is 0 Å². The van der Waals surface area contributed by atoms with Gasteiger partial charge in [0.1, 0.15) is 12.4 Å². The molecule has 1 aliphatic carbocycles. The maximum Gasteiger partial charge on any atom is 0.267 e. The highest BCUT2D eigenvalue weighted by molar-refractivity contribution is 8.18. The van der Waals surface area contributed by atoms with Crippen molar-refractivity contribution in [3.05, 3.63) is 94.6 Å². The molecule has 2 fully saturated rings. The third-order valence-corrected chi connectivity index (χ3v) is 8.05. The van der Waals surface area contributed by atoms with Crippen molar-refractivity contribution in [3.63, 3.8) is 0 Å². The lowest BCUT2D eigenvalue weighted by Crippen LogP contribution is -2.44. The van der Waals surface area contributed by atoms with Crippen molar-refractivity contribution in [2.45, 2.75) is 52.2 Å². The predicted octanol–water partition coefficient (Wildman–Crippen LogP) is 7.99. The quantitative estimate of drug-likeness (QED) is 0.270. The van der Waals surface area contributed by atoms with Crippen LogP contribution in [0, 0.1) is 11.7 Å². The number of halogens is 1. The first kappa shape index (κ1) is 27.0.